The minimum atomic E-state index is -0.985. The van der Waals surface area contributed by atoms with E-state index in [-0.39, 0.29) is 0 Å². The fourth-order valence-corrected chi connectivity index (χ4v) is 2.11. The van der Waals surface area contributed by atoms with Crippen molar-refractivity contribution >= 4 is 12.0 Å². The number of aliphatic hydroxyl groups excluding tert-OH is 1. The first-order valence-corrected chi connectivity index (χ1v) is 6.77. The lowest BCUT2D eigenvalue weighted by Crippen LogP contribution is -2.45. The number of hydrogen-bond acceptors (Lipinski definition) is 4. The Morgan fingerprint density at radius 1 is 1.29 bits per heavy atom. The van der Waals surface area contributed by atoms with E-state index in [9.17, 15) is 14.7 Å². The van der Waals surface area contributed by atoms with Gasteiger partial charge in [0.25, 0.3) is 5.91 Å². The quantitative estimate of drug-likeness (QED) is 0.908. The molecule has 1 N–H and O–H groups in total. The average molecular weight is 289 g/mol. The number of amides is 2. The number of carbonyl (C=O) groups is 2. The van der Waals surface area contributed by atoms with Crippen LogP contribution in [-0.4, -0.2) is 33.6 Å². The molecule has 0 saturated heterocycles. The lowest BCUT2D eigenvalue weighted by atomic mass is 10.0. The summed E-state index contributed by atoms with van der Waals surface area (Å²) in [6.45, 7) is 5.17. The Balaban J connectivity index is 2.20. The molecule has 1 aliphatic heterocycles. The summed E-state index contributed by atoms with van der Waals surface area (Å²) >= 11 is 0. The molecule has 1 aromatic rings. The van der Waals surface area contributed by atoms with Crippen LogP contribution in [0.1, 0.15) is 32.4 Å². The highest BCUT2D eigenvalue weighted by Crippen LogP contribution is 2.27. The molecule has 2 rings (SSSR count). The number of nitrogens with zero attached hydrogens (tertiary/aromatic N) is 1. The second-order valence-electron chi connectivity index (χ2n) is 5.89. The number of benzene rings is 1. The summed E-state index contributed by atoms with van der Waals surface area (Å²) in [5.74, 6) is -0.482. The summed E-state index contributed by atoms with van der Waals surface area (Å²) in [5.41, 5.74) is -0.0715. The van der Waals surface area contributed by atoms with Gasteiger partial charge in [0, 0.05) is 6.08 Å². The van der Waals surface area contributed by atoms with E-state index < -0.39 is 29.7 Å². The molecule has 0 aliphatic carbocycles. The maximum Gasteiger partial charge on any atom is 0.417 e. The van der Waals surface area contributed by atoms with Crippen LogP contribution in [0.2, 0.25) is 0 Å². The van der Waals surface area contributed by atoms with Crippen LogP contribution in [0.25, 0.3) is 0 Å². The molecule has 0 unspecified atom stereocenters. The first-order chi connectivity index (χ1) is 9.79. The van der Waals surface area contributed by atoms with Gasteiger partial charge in [-0.2, -0.15) is 0 Å². The number of imide groups is 1. The molecule has 2 amide bonds. The number of hydrogen-bond donors (Lipinski definition) is 1. The zero-order valence-corrected chi connectivity index (χ0v) is 12.3. The van der Waals surface area contributed by atoms with Gasteiger partial charge in [0.15, 0.2) is 0 Å². The van der Waals surface area contributed by atoms with Gasteiger partial charge in [-0.15, -0.1) is 0 Å². The van der Waals surface area contributed by atoms with Gasteiger partial charge >= 0.3 is 6.09 Å². The summed E-state index contributed by atoms with van der Waals surface area (Å²) < 4.78 is 5.22. The van der Waals surface area contributed by atoms with Crippen LogP contribution in [-0.2, 0) is 9.53 Å². The summed E-state index contributed by atoms with van der Waals surface area (Å²) in [4.78, 5) is 25.0. The summed E-state index contributed by atoms with van der Waals surface area (Å²) in [5, 5.41) is 10.4. The van der Waals surface area contributed by atoms with Crippen molar-refractivity contribution < 1.29 is 19.4 Å². The zero-order chi connectivity index (χ0) is 15.6. The van der Waals surface area contributed by atoms with Crippen molar-refractivity contribution in [3.8, 4) is 0 Å². The monoisotopic (exact) mass is 289 g/mol. The lowest BCUT2D eigenvalue weighted by Gasteiger charge is -2.29. The van der Waals surface area contributed by atoms with E-state index in [1.54, 1.807) is 45.0 Å². The highest BCUT2D eigenvalue weighted by atomic mass is 16.6. The van der Waals surface area contributed by atoms with E-state index in [2.05, 4.69) is 0 Å². The molecule has 0 radical (unpaired) electrons. The molecule has 0 bridgehead atoms. The Bertz CT molecular complexity index is 559. The molecule has 21 heavy (non-hydrogen) atoms. The van der Waals surface area contributed by atoms with Crippen molar-refractivity contribution in [3.63, 3.8) is 0 Å². The molecule has 1 aromatic carbocycles. The van der Waals surface area contributed by atoms with Crippen molar-refractivity contribution in [3.05, 3.63) is 48.0 Å². The number of aliphatic hydroxyl groups is 1. The second-order valence-corrected chi connectivity index (χ2v) is 5.89. The Morgan fingerprint density at radius 3 is 2.48 bits per heavy atom. The Labute approximate surface area is 123 Å². The maximum absolute atomic E-state index is 12.1. The number of carbonyl (C=O) groups excluding carboxylic acids is 2. The summed E-state index contributed by atoms with van der Waals surface area (Å²) in [6.07, 6.45) is 1.06. The van der Waals surface area contributed by atoms with Crippen LogP contribution in [0.3, 0.4) is 0 Å². The minimum Gasteiger partial charge on any atom is -0.443 e. The molecule has 5 heteroatoms. The third-order valence-electron chi connectivity index (χ3n) is 3.03. The SMILES string of the molecule is CC(C)(C)OC(=O)N1C(=O)C=C[C@@H]1[C@@H](O)c1ccccc1. The summed E-state index contributed by atoms with van der Waals surface area (Å²) in [7, 11) is 0. The van der Waals surface area contributed by atoms with Crippen molar-refractivity contribution in [1.82, 2.24) is 4.90 Å². The first-order valence-electron chi connectivity index (χ1n) is 6.77. The third-order valence-corrected chi connectivity index (χ3v) is 3.03. The molecule has 1 heterocycles. The predicted molar refractivity (Wildman–Crippen MR) is 77.4 cm³/mol. The fraction of sp³-hybridized carbons (Fsp3) is 0.375. The molecule has 0 saturated carbocycles. The van der Waals surface area contributed by atoms with Crippen LogP contribution in [0, 0.1) is 0 Å². The van der Waals surface area contributed by atoms with Crippen LogP contribution in [0.5, 0.6) is 0 Å². The fourth-order valence-electron chi connectivity index (χ4n) is 2.11. The van der Waals surface area contributed by atoms with Gasteiger partial charge < -0.3 is 9.84 Å². The van der Waals surface area contributed by atoms with Crippen molar-refractivity contribution in [2.45, 2.75) is 38.5 Å². The molecule has 1 aliphatic rings. The van der Waals surface area contributed by atoms with Crippen molar-refractivity contribution in [2.75, 3.05) is 0 Å². The standard InChI is InChI=1S/C16H19NO4/c1-16(2,3)21-15(20)17-12(9-10-13(17)18)14(19)11-7-5-4-6-8-11/h4-10,12,14,19H,1-3H3/t12-,14+/m1/s1. The van der Waals surface area contributed by atoms with Crippen LogP contribution >= 0.6 is 0 Å². The largest absolute Gasteiger partial charge is 0.443 e. The van der Waals surface area contributed by atoms with Gasteiger partial charge in [0.2, 0.25) is 0 Å². The van der Waals surface area contributed by atoms with E-state index in [0.29, 0.717) is 5.56 Å². The predicted octanol–water partition coefficient (Wildman–Crippen LogP) is 2.42. The molecular weight excluding hydrogens is 270 g/mol. The van der Waals surface area contributed by atoms with Crippen LogP contribution in [0.4, 0.5) is 4.79 Å². The van der Waals surface area contributed by atoms with Gasteiger partial charge in [-0.1, -0.05) is 36.4 Å². The minimum absolute atomic E-state index is 0.482. The van der Waals surface area contributed by atoms with E-state index in [1.807, 2.05) is 6.07 Å². The van der Waals surface area contributed by atoms with Gasteiger partial charge in [-0.25, -0.2) is 9.69 Å². The highest BCUT2D eigenvalue weighted by molar-refractivity contribution is 6.01. The number of ether oxygens (including phenoxy) is 1. The van der Waals surface area contributed by atoms with E-state index in [1.165, 1.54) is 12.2 Å². The smallest absolute Gasteiger partial charge is 0.417 e. The van der Waals surface area contributed by atoms with Crippen molar-refractivity contribution in [2.24, 2.45) is 0 Å². The molecule has 0 spiro atoms. The Kier molecular flexibility index (Phi) is 4.14. The van der Waals surface area contributed by atoms with Gasteiger partial charge in [0.1, 0.15) is 11.7 Å². The van der Waals surface area contributed by atoms with Crippen LogP contribution in [0.15, 0.2) is 42.5 Å². The molecule has 0 aromatic heterocycles. The molecule has 2 atom stereocenters. The lowest BCUT2D eigenvalue weighted by molar-refractivity contribution is -0.126. The van der Waals surface area contributed by atoms with E-state index >= 15 is 0 Å². The topological polar surface area (TPSA) is 66.8 Å². The maximum atomic E-state index is 12.1. The Hall–Kier alpha value is -2.14. The van der Waals surface area contributed by atoms with Gasteiger partial charge in [-0.3, -0.25) is 4.79 Å². The average Bonchev–Trinajstić information content (AvgIpc) is 2.79. The first kappa shape index (κ1) is 15.3. The zero-order valence-electron chi connectivity index (χ0n) is 12.3. The summed E-state index contributed by atoms with van der Waals surface area (Å²) in [6, 6.07) is 8.14. The van der Waals surface area contributed by atoms with Gasteiger partial charge in [-0.05, 0) is 26.3 Å². The molecule has 0 fully saturated rings. The van der Waals surface area contributed by atoms with Crippen LogP contribution < -0.4 is 0 Å². The molecular formula is C16H19NO4. The second kappa shape index (κ2) is 5.69. The normalized spacial score (nSPS) is 19.7. The van der Waals surface area contributed by atoms with Gasteiger partial charge in [0.05, 0.1) is 6.04 Å². The number of rotatable bonds is 2. The Morgan fingerprint density at radius 2 is 1.90 bits per heavy atom. The molecule has 112 valence electrons. The van der Waals surface area contributed by atoms with Crippen molar-refractivity contribution in [1.29, 1.82) is 0 Å². The van der Waals surface area contributed by atoms with E-state index in [0.717, 1.165) is 4.90 Å². The molecule has 5 nitrogen and oxygen atoms in total. The van der Waals surface area contributed by atoms with E-state index in [4.69, 9.17) is 4.74 Å². The highest BCUT2D eigenvalue weighted by Gasteiger charge is 2.39. The third kappa shape index (κ3) is 3.49.